The fourth-order valence-electron chi connectivity index (χ4n) is 3.54. The molecule has 0 radical (unpaired) electrons. The number of hydrogen-bond acceptors (Lipinski definition) is 6. The van der Waals surface area contributed by atoms with E-state index >= 15 is 0 Å². The predicted molar refractivity (Wildman–Crippen MR) is 121 cm³/mol. The Hall–Kier alpha value is -3.39. The van der Waals surface area contributed by atoms with Crippen LogP contribution >= 0.6 is 11.8 Å². The zero-order valence-electron chi connectivity index (χ0n) is 16.6. The standard InChI is InChI=1S/C21H20N4OS.CH3NO/c1-14-10-16(24-26-14)13-25-8-9-27-21-11-15(6-7-20(21)25)23-19-12-22-18-5-3-2-4-17(18)19;2-1-3/h2-7,10-12,22-23H,8-9,13H2,1H3;1H,(H2,2,3). The van der Waals surface area contributed by atoms with Gasteiger partial charge in [-0.1, -0.05) is 23.4 Å². The van der Waals surface area contributed by atoms with Crippen molar-refractivity contribution in [1.29, 1.82) is 0 Å². The van der Waals surface area contributed by atoms with E-state index in [2.05, 4.69) is 62.5 Å². The molecule has 154 valence electrons. The Morgan fingerprint density at radius 3 is 2.93 bits per heavy atom. The molecule has 5 rings (SSSR count). The Kier molecular flexibility index (Phi) is 5.94. The smallest absolute Gasteiger partial charge is 0.204 e. The zero-order valence-corrected chi connectivity index (χ0v) is 17.4. The highest BCUT2D eigenvalue weighted by Gasteiger charge is 2.19. The number of aryl methyl sites for hydroxylation is 1. The van der Waals surface area contributed by atoms with E-state index in [1.54, 1.807) is 0 Å². The molecule has 0 atom stereocenters. The van der Waals surface area contributed by atoms with E-state index in [1.165, 1.54) is 16.0 Å². The lowest BCUT2D eigenvalue weighted by molar-refractivity contribution is -0.106. The number of hydrogen-bond donors (Lipinski definition) is 3. The summed E-state index contributed by atoms with van der Waals surface area (Å²) < 4.78 is 5.21. The quantitative estimate of drug-likeness (QED) is 0.422. The lowest BCUT2D eigenvalue weighted by Gasteiger charge is -2.30. The summed E-state index contributed by atoms with van der Waals surface area (Å²) in [5.41, 5.74) is 9.75. The fourth-order valence-corrected chi connectivity index (χ4v) is 4.62. The highest BCUT2D eigenvalue weighted by molar-refractivity contribution is 7.99. The van der Waals surface area contributed by atoms with Gasteiger partial charge in [-0.25, -0.2) is 0 Å². The van der Waals surface area contributed by atoms with Crippen LogP contribution in [0.15, 0.2) is 64.1 Å². The van der Waals surface area contributed by atoms with E-state index in [0.29, 0.717) is 0 Å². The van der Waals surface area contributed by atoms with Crippen LogP contribution in [-0.4, -0.2) is 28.8 Å². The molecule has 0 saturated heterocycles. The largest absolute Gasteiger partial charge is 0.372 e. The molecule has 0 fully saturated rings. The van der Waals surface area contributed by atoms with Crippen molar-refractivity contribution in [2.45, 2.75) is 18.4 Å². The van der Waals surface area contributed by atoms with Gasteiger partial charge in [0.05, 0.1) is 17.9 Å². The van der Waals surface area contributed by atoms with Crippen LogP contribution in [0.5, 0.6) is 0 Å². The number of benzene rings is 2. The van der Waals surface area contributed by atoms with E-state index in [0.717, 1.165) is 47.2 Å². The lowest BCUT2D eigenvalue weighted by atomic mass is 10.2. The molecule has 30 heavy (non-hydrogen) atoms. The van der Waals surface area contributed by atoms with Crippen LogP contribution in [0, 0.1) is 6.92 Å². The highest BCUT2D eigenvalue weighted by Crippen LogP contribution is 2.38. The summed E-state index contributed by atoms with van der Waals surface area (Å²) in [7, 11) is 0. The second-order valence-electron chi connectivity index (χ2n) is 6.89. The monoisotopic (exact) mass is 421 g/mol. The zero-order chi connectivity index (χ0) is 20.9. The molecule has 0 unspecified atom stereocenters. The summed E-state index contributed by atoms with van der Waals surface area (Å²) in [5, 5.41) is 8.89. The van der Waals surface area contributed by atoms with Crippen molar-refractivity contribution in [2.75, 3.05) is 22.5 Å². The minimum Gasteiger partial charge on any atom is -0.372 e. The second-order valence-corrected chi connectivity index (χ2v) is 8.03. The Morgan fingerprint density at radius 1 is 1.30 bits per heavy atom. The Labute approximate surface area is 178 Å². The first-order chi connectivity index (χ1) is 14.7. The van der Waals surface area contributed by atoms with Crippen molar-refractivity contribution in [2.24, 2.45) is 5.73 Å². The fraction of sp³-hybridized carbons (Fsp3) is 0.182. The van der Waals surface area contributed by atoms with Gasteiger partial charge >= 0.3 is 0 Å². The number of rotatable bonds is 4. The maximum Gasteiger partial charge on any atom is 0.204 e. The number of aromatic amines is 1. The van der Waals surface area contributed by atoms with Gasteiger partial charge in [0.1, 0.15) is 11.5 Å². The molecule has 0 bridgehead atoms. The first-order valence-corrected chi connectivity index (χ1v) is 10.6. The summed E-state index contributed by atoms with van der Waals surface area (Å²) in [6, 6.07) is 16.9. The number of thioether (sulfide) groups is 1. The number of H-pyrrole nitrogens is 1. The second kappa shape index (κ2) is 8.96. The molecule has 0 spiro atoms. The summed E-state index contributed by atoms with van der Waals surface area (Å²) >= 11 is 1.91. The van der Waals surface area contributed by atoms with Gasteiger partial charge in [-0.15, -0.1) is 11.8 Å². The van der Waals surface area contributed by atoms with E-state index in [9.17, 15) is 0 Å². The summed E-state index contributed by atoms with van der Waals surface area (Å²) in [4.78, 5) is 15.6. The number of nitrogens with one attached hydrogen (secondary N) is 2. The minimum atomic E-state index is 0.250. The summed E-state index contributed by atoms with van der Waals surface area (Å²) in [5.74, 6) is 1.93. The number of nitrogens with two attached hydrogens (primary N) is 1. The van der Waals surface area contributed by atoms with Gasteiger partial charge in [-0.05, 0) is 31.2 Å². The van der Waals surface area contributed by atoms with Crippen LogP contribution in [-0.2, 0) is 11.3 Å². The topological polar surface area (TPSA) is 100 Å². The first-order valence-electron chi connectivity index (χ1n) is 9.60. The molecule has 0 saturated carbocycles. The number of primary amides is 1. The Morgan fingerprint density at radius 2 is 2.13 bits per heavy atom. The van der Waals surface area contributed by atoms with E-state index in [4.69, 9.17) is 9.32 Å². The van der Waals surface area contributed by atoms with Gasteiger partial charge in [0.2, 0.25) is 6.41 Å². The molecule has 1 aliphatic rings. The third-order valence-electron chi connectivity index (χ3n) is 4.82. The van der Waals surface area contributed by atoms with Gasteiger partial charge in [-0.3, -0.25) is 4.79 Å². The molecule has 1 amide bonds. The van der Waals surface area contributed by atoms with Crippen molar-refractivity contribution in [3.63, 3.8) is 0 Å². The van der Waals surface area contributed by atoms with Crippen molar-refractivity contribution in [1.82, 2.24) is 10.1 Å². The van der Waals surface area contributed by atoms with Crippen LogP contribution in [0.2, 0.25) is 0 Å². The van der Waals surface area contributed by atoms with Crippen LogP contribution in [0.4, 0.5) is 17.1 Å². The molecule has 4 aromatic rings. The molecule has 8 heteroatoms. The molecule has 7 nitrogen and oxygen atoms in total. The van der Waals surface area contributed by atoms with Crippen LogP contribution in [0.1, 0.15) is 11.5 Å². The minimum absolute atomic E-state index is 0.250. The molecule has 4 N–H and O–H groups in total. The van der Waals surface area contributed by atoms with Crippen LogP contribution in [0.25, 0.3) is 10.9 Å². The average Bonchev–Trinajstić information content (AvgIpc) is 3.35. The van der Waals surface area contributed by atoms with E-state index < -0.39 is 0 Å². The molecule has 3 heterocycles. The van der Waals surface area contributed by atoms with Crippen molar-refractivity contribution < 1.29 is 9.32 Å². The first kappa shape index (κ1) is 19.9. The molecule has 2 aromatic heterocycles. The Balaban J connectivity index is 0.000000687. The van der Waals surface area contributed by atoms with Crippen LogP contribution in [0.3, 0.4) is 0 Å². The van der Waals surface area contributed by atoms with Gasteiger partial charge in [0, 0.05) is 46.0 Å². The van der Waals surface area contributed by atoms with Gasteiger partial charge < -0.3 is 25.5 Å². The number of fused-ring (bicyclic) bond motifs is 2. The third kappa shape index (κ3) is 4.28. The average molecular weight is 422 g/mol. The lowest BCUT2D eigenvalue weighted by Crippen LogP contribution is -2.28. The number of nitrogens with zero attached hydrogens (tertiary/aromatic N) is 2. The van der Waals surface area contributed by atoms with Gasteiger partial charge in [0.25, 0.3) is 0 Å². The number of amides is 1. The van der Waals surface area contributed by atoms with Crippen molar-refractivity contribution in [3.05, 3.63) is 66.2 Å². The molecular formula is C22H23N5O2S. The normalized spacial score (nSPS) is 12.8. The predicted octanol–water partition coefficient (Wildman–Crippen LogP) is 4.42. The maximum atomic E-state index is 8.58. The van der Waals surface area contributed by atoms with Gasteiger partial charge in [-0.2, -0.15) is 0 Å². The van der Waals surface area contributed by atoms with E-state index in [1.807, 2.05) is 37.0 Å². The third-order valence-corrected chi connectivity index (χ3v) is 5.84. The number of carbonyl (C=O) groups excluding carboxylic acids is 1. The van der Waals surface area contributed by atoms with Gasteiger partial charge in [0.15, 0.2) is 0 Å². The Bertz CT molecular complexity index is 1150. The summed E-state index contributed by atoms with van der Waals surface area (Å²) in [6.45, 7) is 3.72. The number of anilines is 3. The van der Waals surface area contributed by atoms with Crippen LogP contribution < -0.4 is 16.0 Å². The molecular weight excluding hydrogens is 398 g/mol. The summed E-state index contributed by atoms with van der Waals surface area (Å²) in [6.07, 6.45) is 2.27. The van der Waals surface area contributed by atoms with Crippen molar-refractivity contribution >= 4 is 46.1 Å². The number of aromatic nitrogens is 2. The number of carbonyl (C=O) groups is 1. The molecule has 1 aliphatic heterocycles. The number of para-hydroxylation sites is 1. The van der Waals surface area contributed by atoms with E-state index in [-0.39, 0.29) is 6.41 Å². The molecule has 0 aliphatic carbocycles. The SMILES string of the molecule is Cc1cc(CN2CCSc3cc(Nc4c[nH]c5ccccc45)ccc32)no1.NC=O. The van der Waals surface area contributed by atoms with Crippen molar-refractivity contribution in [3.8, 4) is 0 Å². The maximum absolute atomic E-state index is 8.58. The highest BCUT2D eigenvalue weighted by atomic mass is 32.2. The molecule has 2 aromatic carbocycles.